The molecule has 3 heteroatoms. The van der Waals surface area contributed by atoms with Gasteiger partial charge in [0.05, 0.1) is 11.7 Å². The van der Waals surface area contributed by atoms with E-state index < -0.39 is 0 Å². The number of hydrogen-bond donors (Lipinski definition) is 1. The van der Waals surface area contributed by atoms with Crippen molar-refractivity contribution < 1.29 is 0 Å². The van der Waals surface area contributed by atoms with Crippen molar-refractivity contribution >= 4 is 11.3 Å². The molecule has 1 unspecified atom stereocenters. The Labute approximate surface area is 116 Å². The maximum atomic E-state index is 4.84. The van der Waals surface area contributed by atoms with Crippen molar-refractivity contribution in [1.29, 1.82) is 0 Å². The van der Waals surface area contributed by atoms with Gasteiger partial charge in [-0.15, -0.1) is 11.3 Å². The Bertz CT molecular complexity index is 369. The molecule has 1 atom stereocenters. The number of nitrogens with zero attached hydrogens (tertiary/aromatic N) is 1. The van der Waals surface area contributed by atoms with Crippen molar-refractivity contribution in [2.45, 2.75) is 66.3 Å². The van der Waals surface area contributed by atoms with Gasteiger partial charge in [0.1, 0.15) is 5.01 Å². The van der Waals surface area contributed by atoms with Gasteiger partial charge >= 0.3 is 0 Å². The fourth-order valence-corrected chi connectivity index (χ4v) is 3.02. The van der Waals surface area contributed by atoms with Crippen molar-refractivity contribution in [2.75, 3.05) is 6.54 Å². The van der Waals surface area contributed by atoms with E-state index in [1.807, 2.05) is 0 Å². The van der Waals surface area contributed by atoms with E-state index in [2.05, 4.69) is 59.2 Å². The summed E-state index contributed by atoms with van der Waals surface area (Å²) in [7, 11) is 0. The molecular formula is C15H28N2S. The van der Waals surface area contributed by atoms with Crippen molar-refractivity contribution in [3.63, 3.8) is 0 Å². The van der Waals surface area contributed by atoms with Crippen LogP contribution >= 0.6 is 11.3 Å². The van der Waals surface area contributed by atoms with Crippen LogP contribution in [0.4, 0.5) is 0 Å². The monoisotopic (exact) mass is 268 g/mol. The van der Waals surface area contributed by atoms with Gasteiger partial charge in [0.25, 0.3) is 0 Å². The zero-order valence-electron chi connectivity index (χ0n) is 12.9. The number of aromatic nitrogens is 1. The van der Waals surface area contributed by atoms with E-state index >= 15 is 0 Å². The van der Waals surface area contributed by atoms with Crippen LogP contribution in [-0.2, 0) is 5.41 Å². The molecule has 1 rings (SSSR count). The lowest BCUT2D eigenvalue weighted by molar-refractivity contribution is 0.313. The predicted octanol–water partition coefficient (Wildman–Crippen LogP) is 4.53. The SMILES string of the molecule is CCNC(CC(C)(C)C)c1nc(C(C)(C)C)cs1. The van der Waals surface area contributed by atoms with Crippen molar-refractivity contribution in [3.8, 4) is 0 Å². The van der Waals surface area contributed by atoms with E-state index in [0.717, 1.165) is 13.0 Å². The fraction of sp³-hybridized carbons (Fsp3) is 0.800. The lowest BCUT2D eigenvalue weighted by Crippen LogP contribution is -2.25. The molecule has 2 nitrogen and oxygen atoms in total. The van der Waals surface area contributed by atoms with Gasteiger partial charge < -0.3 is 5.32 Å². The molecule has 0 bridgehead atoms. The van der Waals surface area contributed by atoms with E-state index in [1.165, 1.54) is 10.7 Å². The standard InChI is InChI=1S/C15H28N2S/c1-8-16-11(9-14(2,3)4)13-17-12(10-18-13)15(5,6)7/h10-11,16H,8-9H2,1-7H3. The summed E-state index contributed by atoms with van der Waals surface area (Å²) < 4.78 is 0. The Balaban J connectivity index is 2.89. The highest BCUT2D eigenvalue weighted by molar-refractivity contribution is 7.09. The molecule has 1 heterocycles. The smallest absolute Gasteiger partial charge is 0.110 e. The molecule has 0 aliphatic rings. The zero-order chi connectivity index (χ0) is 14.0. The van der Waals surface area contributed by atoms with Crippen LogP contribution in [0.2, 0.25) is 0 Å². The minimum absolute atomic E-state index is 0.146. The highest BCUT2D eigenvalue weighted by Gasteiger charge is 2.24. The zero-order valence-corrected chi connectivity index (χ0v) is 13.7. The first-order valence-electron chi connectivity index (χ1n) is 6.83. The first-order valence-corrected chi connectivity index (χ1v) is 7.71. The van der Waals surface area contributed by atoms with Crippen LogP contribution in [0.1, 0.15) is 71.6 Å². The summed E-state index contributed by atoms with van der Waals surface area (Å²) in [5, 5.41) is 7.01. The average Bonchev–Trinajstić information content (AvgIpc) is 2.62. The first-order chi connectivity index (χ1) is 8.13. The van der Waals surface area contributed by atoms with E-state index in [4.69, 9.17) is 4.98 Å². The molecule has 0 aliphatic carbocycles. The Morgan fingerprint density at radius 3 is 2.22 bits per heavy atom. The van der Waals surface area contributed by atoms with Crippen LogP contribution in [0.25, 0.3) is 0 Å². The van der Waals surface area contributed by atoms with Crippen LogP contribution in [0.15, 0.2) is 5.38 Å². The highest BCUT2D eigenvalue weighted by atomic mass is 32.1. The Morgan fingerprint density at radius 1 is 1.22 bits per heavy atom. The number of hydrogen-bond acceptors (Lipinski definition) is 3. The van der Waals surface area contributed by atoms with Crippen LogP contribution in [0.3, 0.4) is 0 Å². The molecule has 1 N–H and O–H groups in total. The second-order valence-corrected chi connectivity index (χ2v) is 8.09. The third-order valence-corrected chi connectivity index (χ3v) is 3.81. The Morgan fingerprint density at radius 2 is 1.83 bits per heavy atom. The lowest BCUT2D eigenvalue weighted by Gasteiger charge is -2.25. The molecule has 1 aromatic rings. The van der Waals surface area contributed by atoms with Crippen LogP contribution in [0.5, 0.6) is 0 Å². The van der Waals surface area contributed by atoms with Crippen LogP contribution < -0.4 is 5.32 Å². The molecule has 0 aromatic carbocycles. The molecular weight excluding hydrogens is 240 g/mol. The van der Waals surface area contributed by atoms with Crippen LogP contribution in [0, 0.1) is 5.41 Å². The summed E-state index contributed by atoms with van der Waals surface area (Å²) in [6, 6.07) is 0.385. The molecule has 0 saturated carbocycles. The molecule has 0 fully saturated rings. The van der Waals surface area contributed by atoms with Gasteiger partial charge in [-0.05, 0) is 18.4 Å². The van der Waals surface area contributed by atoms with Crippen molar-refractivity contribution in [1.82, 2.24) is 10.3 Å². The normalized spacial score (nSPS) is 14.8. The van der Waals surface area contributed by atoms with E-state index in [-0.39, 0.29) is 5.41 Å². The maximum absolute atomic E-state index is 4.84. The lowest BCUT2D eigenvalue weighted by atomic mass is 9.88. The minimum Gasteiger partial charge on any atom is -0.308 e. The van der Waals surface area contributed by atoms with Gasteiger partial charge in [0.2, 0.25) is 0 Å². The van der Waals surface area contributed by atoms with E-state index in [1.54, 1.807) is 11.3 Å². The van der Waals surface area contributed by atoms with Crippen molar-refractivity contribution in [2.24, 2.45) is 5.41 Å². The summed E-state index contributed by atoms with van der Waals surface area (Å²) in [6.07, 6.45) is 1.12. The minimum atomic E-state index is 0.146. The van der Waals surface area contributed by atoms with Gasteiger partial charge in [-0.25, -0.2) is 4.98 Å². The summed E-state index contributed by atoms with van der Waals surface area (Å²) in [4.78, 5) is 4.84. The van der Waals surface area contributed by atoms with E-state index in [9.17, 15) is 0 Å². The first kappa shape index (κ1) is 15.6. The molecule has 0 spiro atoms. The molecule has 0 aliphatic heterocycles. The van der Waals surface area contributed by atoms with Crippen molar-refractivity contribution in [3.05, 3.63) is 16.1 Å². The Hall–Kier alpha value is -0.410. The number of rotatable bonds is 4. The predicted molar refractivity (Wildman–Crippen MR) is 81.3 cm³/mol. The molecule has 0 saturated heterocycles. The molecule has 1 aromatic heterocycles. The number of thiazole rings is 1. The third kappa shape index (κ3) is 4.69. The molecule has 0 radical (unpaired) electrons. The topological polar surface area (TPSA) is 24.9 Å². The van der Waals surface area contributed by atoms with Gasteiger partial charge in [-0.1, -0.05) is 48.5 Å². The van der Waals surface area contributed by atoms with Crippen LogP contribution in [-0.4, -0.2) is 11.5 Å². The average molecular weight is 268 g/mol. The summed E-state index contributed by atoms with van der Waals surface area (Å²) in [5.41, 5.74) is 1.67. The van der Waals surface area contributed by atoms with Gasteiger partial charge in [-0.3, -0.25) is 0 Å². The molecule has 104 valence electrons. The summed E-state index contributed by atoms with van der Waals surface area (Å²) in [5.74, 6) is 0. The molecule has 0 amide bonds. The second-order valence-electron chi connectivity index (χ2n) is 7.20. The van der Waals surface area contributed by atoms with Gasteiger partial charge in [0.15, 0.2) is 0 Å². The van der Waals surface area contributed by atoms with Gasteiger partial charge in [0, 0.05) is 10.8 Å². The Kier molecular flexibility index (Phi) is 4.96. The quantitative estimate of drug-likeness (QED) is 0.868. The maximum Gasteiger partial charge on any atom is 0.110 e. The molecule has 18 heavy (non-hydrogen) atoms. The number of nitrogens with one attached hydrogen (secondary N) is 1. The summed E-state index contributed by atoms with van der Waals surface area (Å²) >= 11 is 1.79. The van der Waals surface area contributed by atoms with Gasteiger partial charge in [-0.2, -0.15) is 0 Å². The van der Waals surface area contributed by atoms with E-state index in [0.29, 0.717) is 11.5 Å². The second kappa shape index (κ2) is 5.70. The summed E-state index contributed by atoms with van der Waals surface area (Å²) in [6.45, 7) is 16.7. The highest BCUT2D eigenvalue weighted by Crippen LogP contribution is 2.33. The largest absolute Gasteiger partial charge is 0.308 e. The fourth-order valence-electron chi connectivity index (χ4n) is 1.90. The third-order valence-electron chi connectivity index (χ3n) is 2.86.